The minimum Gasteiger partial charge on any atom is -0.463 e. The summed E-state index contributed by atoms with van der Waals surface area (Å²) in [6.07, 6.45) is 0.414. The molecule has 2 rings (SSSR count). The predicted octanol–water partition coefficient (Wildman–Crippen LogP) is -0.0570. The Morgan fingerprint density at radius 2 is 2.40 bits per heavy atom. The van der Waals surface area contributed by atoms with Gasteiger partial charge in [0.15, 0.2) is 0 Å². The van der Waals surface area contributed by atoms with Gasteiger partial charge in [-0.1, -0.05) is 0 Å². The molecular weight excluding hydrogens is 198 g/mol. The van der Waals surface area contributed by atoms with Crippen LogP contribution in [0.4, 0.5) is 0 Å². The van der Waals surface area contributed by atoms with Crippen molar-refractivity contribution in [2.24, 2.45) is 0 Å². The molecule has 2 N–H and O–H groups in total. The number of methoxy groups -OCH3 is 1. The van der Waals surface area contributed by atoms with Crippen LogP contribution in [-0.4, -0.2) is 36.9 Å². The normalized spacial score (nSPS) is 18.3. The third-order valence-electron chi connectivity index (χ3n) is 2.46. The van der Waals surface area contributed by atoms with Crippen LogP contribution in [0, 0.1) is 0 Å². The summed E-state index contributed by atoms with van der Waals surface area (Å²) in [5.41, 5.74) is -0.731. The monoisotopic (exact) mass is 211 g/mol. The number of rotatable bonds is 3. The quantitative estimate of drug-likeness (QED) is 0.685. The molecule has 1 aliphatic heterocycles. The molecule has 1 aromatic heterocycles. The number of furan rings is 1. The Morgan fingerprint density at radius 3 is 2.93 bits per heavy atom. The maximum atomic E-state index is 11.1. The molecule has 82 valence electrons. The van der Waals surface area contributed by atoms with Gasteiger partial charge in [-0.3, -0.25) is 0 Å². The van der Waals surface area contributed by atoms with E-state index in [-0.39, 0.29) is 5.76 Å². The molecule has 5 nitrogen and oxygen atoms in total. The highest BCUT2D eigenvalue weighted by Gasteiger charge is 2.35. The van der Waals surface area contributed by atoms with Crippen molar-refractivity contribution in [2.45, 2.75) is 12.0 Å². The van der Waals surface area contributed by atoms with Gasteiger partial charge in [0.1, 0.15) is 5.76 Å². The molecule has 0 spiro atoms. The lowest BCUT2D eigenvalue weighted by Gasteiger charge is -2.36. The maximum absolute atomic E-state index is 11.1. The number of ether oxygens (including phenoxy) is 1. The Balaban J connectivity index is 2.04. The van der Waals surface area contributed by atoms with Gasteiger partial charge in [0.2, 0.25) is 5.76 Å². The molecule has 0 radical (unpaired) electrons. The highest BCUT2D eigenvalue weighted by Crippen LogP contribution is 2.19. The average Bonchev–Trinajstić information content (AvgIpc) is 2.62. The summed E-state index contributed by atoms with van der Waals surface area (Å²) in [4.78, 5) is 11.1. The lowest BCUT2D eigenvalue weighted by molar-refractivity contribution is -0.0133. The van der Waals surface area contributed by atoms with Crippen LogP contribution in [0.15, 0.2) is 16.5 Å². The topological polar surface area (TPSA) is 71.7 Å². The molecule has 15 heavy (non-hydrogen) atoms. The van der Waals surface area contributed by atoms with Crippen molar-refractivity contribution in [3.8, 4) is 0 Å². The van der Waals surface area contributed by atoms with Crippen molar-refractivity contribution < 1.29 is 19.1 Å². The van der Waals surface area contributed by atoms with E-state index < -0.39 is 11.6 Å². The summed E-state index contributed by atoms with van der Waals surface area (Å²) < 4.78 is 9.76. The van der Waals surface area contributed by atoms with E-state index in [9.17, 15) is 9.90 Å². The lowest BCUT2D eigenvalue weighted by atomic mass is 9.92. The fourth-order valence-corrected chi connectivity index (χ4v) is 1.55. The maximum Gasteiger partial charge on any atom is 0.373 e. The van der Waals surface area contributed by atoms with Gasteiger partial charge in [0.05, 0.1) is 12.7 Å². The largest absolute Gasteiger partial charge is 0.463 e. The zero-order valence-corrected chi connectivity index (χ0v) is 8.45. The molecule has 0 bridgehead atoms. The number of hydrogen-bond donors (Lipinski definition) is 2. The van der Waals surface area contributed by atoms with Crippen LogP contribution in [0.25, 0.3) is 0 Å². The Morgan fingerprint density at radius 1 is 1.67 bits per heavy atom. The summed E-state index contributed by atoms with van der Waals surface area (Å²) in [6.45, 7) is 1.11. The molecule has 2 heterocycles. The first-order valence-electron chi connectivity index (χ1n) is 4.73. The number of carbonyl (C=O) groups excluding carboxylic acids is 1. The van der Waals surface area contributed by atoms with Gasteiger partial charge in [0.25, 0.3) is 0 Å². The molecule has 0 aromatic carbocycles. The van der Waals surface area contributed by atoms with E-state index in [0.717, 1.165) is 0 Å². The number of aliphatic hydroxyl groups is 1. The second-order valence-electron chi connectivity index (χ2n) is 3.76. The Kier molecular flexibility index (Phi) is 2.50. The molecule has 1 fully saturated rings. The molecule has 0 atom stereocenters. The van der Waals surface area contributed by atoms with Gasteiger partial charge in [0, 0.05) is 19.5 Å². The first-order valence-corrected chi connectivity index (χ1v) is 4.73. The van der Waals surface area contributed by atoms with Crippen molar-refractivity contribution >= 4 is 5.97 Å². The van der Waals surface area contributed by atoms with Crippen molar-refractivity contribution in [1.82, 2.24) is 5.32 Å². The molecule has 1 saturated heterocycles. The van der Waals surface area contributed by atoms with Crippen molar-refractivity contribution in [1.29, 1.82) is 0 Å². The van der Waals surface area contributed by atoms with Gasteiger partial charge in [-0.05, 0) is 12.1 Å². The van der Waals surface area contributed by atoms with Crippen LogP contribution < -0.4 is 5.32 Å². The number of β-amino-alcohol motifs (C(OH)–C–C–N with tert-alkyl or cyclic N) is 1. The van der Waals surface area contributed by atoms with Crippen LogP contribution in [0.2, 0.25) is 0 Å². The zero-order chi connectivity index (χ0) is 10.9. The minimum absolute atomic E-state index is 0.170. The lowest BCUT2D eigenvalue weighted by Crippen LogP contribution is -2.60. The summed E-state index contributed by atoms with van der Waals surface area (Å²) in [5, 5.41) is 12.8. The Labute approximate surface area is 87.0 Å². The average molecular weight is 211 g/mol. The van der Waals surface area contributed by atoms with E-state index in [0.29, 0.717) is 25.3 Å². The highest BCUT2D eigenvalue weighted by atomic mass is 16.5. The fourth-order valence-electron chi connectivity index (χ4n) is 1.55. The second kappa shape index (κ2) is 3.67. The summed E-state index contributed by atoms with van der Waals surface area (Å²) in [5.74, 6) is 0.266. The molecular formula is C10H13NO4. The number of hydrogen-bond acceptors (Lipinski definition) is 5. The SMILES string of the molecule is COC(=O)c1ccc(CC2(O)CNC2)o1. The number of esters is 1. The minimum atomic E-state index is -0.731. The summed E-state index contributed by atoms with van der Waals surface area (Å²) in [7, 11) is 1.30. The second-order valence-corrected chi connectivity index (χ2v) is 3.76. The highest BCUT2D eigenvalue weighted by molar-refractivity contribution is 5.86. The van der Waals surface area contributed by atoms with Gasteiger partial charge < -0.3 is 19.6 Å². The van der Waals surface area contributed by atoms with Gasteiger partial charge >= 0.3 is 5.97 Å². The third-order valence-corrected chi connectivity index (χ3v) is 2.46. The summed E-state index contributed by atoms with van der Waals surface area (Å²) in [6, 6.07) is 3.24. The Bertz CT molecular complexity index is 367. The molecule has 5 heteroatoms. The zero-order valence-electron chi connectivity index (χ0n) is 8.45. The van der Waals surface area contributed by atoms with E-state index >= 15 is 0 Å². The molecule has 1 aliphatic rings. The van der Waals surface area contributed by atoms with Crippen LogP contribution in [0.1, 0.15) is 16.3 Å². The van der Waals surface area contributed by atoms with Crippen LogP contribution in [0.5, 0.6) is 0 Å². The molecule has 0 amide bonds. The molecule has 1 aromatic rings. The Hall–Kier alpha value is -1.33. The van der Waals surface area contributed by atoms with E-state index in [1.165, 1.54) is 7.11 Å². The third kappa shape index (κ3) is 2.03. The van der Waals surface area contributed by atoms with Gasteiger partial charge in [-0.15, -0.1) is 0 Å². The number of nitrogens with one attached hydrogen (secondary N) is 1. The number of carbonyl (C=O) groups is 1. The van der Waals surface area contributed by atoms with Gasteiger partial charge in [-0.25, -0.2) is 4.79 Å². The molecule has 0 unspecified atom stereocenters. The smallest absolute Gasteiger partial charge is 0.373 e. The predicted molar refractivity (Wildman–Crippen MR) is 51.6 cm³/mol. The van der Waals surface area contributed by atoms with E-state index in [2.05, 4.69) is 10.1 Å². The first kappa shape index (κ1) is 10.2. The standard InChI is InChI=1S/C10H13NO4/c1-14-9(12)8-3-2-7(15-8)4-10(13)5-11-6-10/h2-3,11,13H,4-6H2,1H3. The molecule has 0 aliphatic carbocycles. The van der Waals surface area contributed by atoms with Gasteiger partial charge in [-0.2, -0.15) is 0 Å². The first-order chi connectivity index (χ1) is 7.13. The molecule has 0 saturated carbocycles. The van der Waals surface area contributed by atoms with Crippen LogP contribution >= 0.6 is 0 Å². The van der Waals surface area contributed by atoms with E-state index in [4.69, 9.17) is 4.42 Å². The van der Waals surface area contributed by atoms with Crippen molar-refractivity contribution in [2.75, 3.05) is 20.2 Å². The van der Waals surface area contributed by atoms with Crippen LogP contribution in [0.3, 0.4) is 0 Å². The van der Waals surface area contributed by atoms with E-state index in [1.807, 2.05) is 0 Å². The van der Waals surface area contributed by atoms with Crippen LogP contribution in [-0.2, 0) is 11.2 Å². The fraction of sp³-hybridized carbons (Fsp3) is 0.500. The van der Waals surface area contributed by atoms with Crippen molar-refractivity contribution in [3.05, 3.63) is 23.7 Å². The summed E-state index contributed by atoms with van der Waals surface area (Å²) >= 11 is 0. The van der Waals surface area contributed by atoms with E-state index in [1.54, 1.807) is 12.1 Å². The van der Waals surface area contributed by atoms with Crippen molar-refractivity contribution in [3.63, 3.8) is 0 Å².